The number of carbonyl (C=O) groups is 3. The number of methoxy groups -OCH3 is 1. The number of hydrogen-bond acceptors (Lipinski definition) is 12. The Morgan fingerprint density at radius 2 is 2.02 bits per heavy atom. The fraction of sp³-hybridized carbons (Fsp3) is 0.444. The molecular formula is C27H32N5O11P. The molecule has 0 saturated carbocycles. The molecule has 6 atom stereocenters. The van der Waals surface area contributed by atoms with Gasteiger partial charge in [0.1, 0.15) is 24.0 Å². The number of nitrogens with zero attached hydrogens (tertiary/aromatic N) is 4. The summed E-state index contributed by atoms with van der Waals surface area (Å²) in [4.78, 5) is 40.5. The molecule has 1 amide bonds. The van der Waals surface area contributed by atoms with Gasteiger partial charge in [0.05, 0.1) is 19.6 Å². The van der Waals surface area contributed by atoms with Crippen molar-refractivity contribution in [3.8, 4) is 5.75 Å². The predicted octanol–water partition coefficient (Wildman–Crippen LogP) is 2.30. The molecule has 3 N–H and O–H groups in total. The van der Waals surface area contributed by atoms with E-state index in [1.807, 2.05) is 0 Å². The second-order valence-corrected chi connectivity index (χ2v) is 11.5. The van der Waals surface area contributed by atoms with Crippen molar-refractivity contribution >= 4 is 36.2 Å². The number of azide groups is 1. The van der Waals surface area contributed by atoms with Crippen LogP contribution in [-0.4, -0.2) is 89.9 Å². The number of benzene rings is 2. The first-order valence-corrected chi connectivity index (χ1v) is 15.1. The van der Waals surface area contributed by atoms with Gasteiger partial charge >= 0.3 is 13.7 Å². The van der Waals surface area contributed by atoms with E-state index in [1.54, 1.807) is 43.3 Å². The first-order valence-electron chi connectivity index (χ1n) is 13.5. The quantitative estimate of drug-likeness (QED) is 0.0682. The van der Waals surface area contributed by atoms with Crippen molar-refractivity contribution in [2.75, 3.05) is 26.9 Å². The number of ketones is 1. The first kappa shape index (κ1) is 33.1. The number of nitrogens with one attached hydrogen (secondary N) is 1. The molecule has 44 heavy (non-hydrogen) atoms. The van der Waals surface area contributed by atoms with Crippen LogP contribution in [0.25, 0.3) is 21.2 Å². The fourth-order valence-electron chi connectivity index (χ4n) is 4.65. The van der Waals surface area contributed by atoms with Crippen molar-refractivity contribution < 1.29 is 52.4 Å². The fourth-order valence-corrected chi connectivity index (χ4v) is 6.22. The number of esters is 1. The van der Waals surface area contributed by atoms with Crippen LogP contribution in [0.2, 0.25) is 0 Å². The van der Waals surface area contributed by atoms with Gasteiger partial charge in [-0.3, -0.25) is 23.8 Å². The minimum absolute atomic E-state index is 0.00882. The summed E-state index contributed by atoms with van der Waals surface area (Å²) < 4.78 is 41.9. The van der Waals surface area contributed by atoms with Crippen molar-refractivity contribution in [3.05, 3.63) is 65.2 Å². The largest absolute Gasteiger partial charge is 0.465 e. The predicted molar refractivity (Wildman–Crippen MR) is 153 cm³/mol. The number of fused-ring (bicyclic) bond motifs is 1. The molecule has 0 bridgehead atoms. The third-order valence-corrected chi connectivity index (χ3v) is 8.36. The van der Waals surface area contributed by atoms with Gasteiger partial charge in [0.15, 0.2) is 12.0 Å². The number of amides is 1. The van der Waals surface area contributed by atoms with Gasteiger partial charge in [-0.2, -0.15) is 5.09 Å². The van der Waals surface area contributed by atoms with Crippen LogP contribution in [0.5, 0.6) is 5.75 Å². The van der Waals surface area contributed by atoms with Crippen molar-refractivity contribution in [1.82, 2.24) is 9.99 Å². The maximum Gasteiger partial charge on any atom is 0.459 e. The van der Waals surface area contributed by atoms with Gasteiger partial charge in [-0.15, -0.1) is 0 Å². The molecule has 16 nitrogen and oxygen atoms in total. The molecule has 0 spiro atoms. The highest BCUT2D eigenvalue weighted by atomic mass is 31.2. The van der Waals surface area contributed by atoms with Crippen molar-refractivity contribution in [3.63, 3.8) is 0 Å². The van der Waals surface area contributed by atoms with Crippen LogP contribution in [0.3, 0.4) is 0 Å². The molecule has 0 radical (unpaired) electrons. The van der Waals surface area contributed by atoms with E-state index < -0.39 is 68.6 Å². The Morgan fingerprint density at radius 3 is 2.73 bits per heavy atom. The van der Waals surface area contributed by atoms with E-state index in [9.17, 15) is 34.7 Å². The molecule has 0 aromatic heterocycles. The van der Waals surface area contributed by atoms with Crippen LogP contribution in [0, 0.1) is 0 Å². The Labute approximate surface area is 251 Å². The minimum atomic E-state index is -4.66. The average Bonchev–Trinajstić information content (AvgIpc) is 3.24. The summed E-state index contributed by atoms with van der Waals surface area (Å²) in [7, 11) is -3.25. The standard InChI is InChI=1S/C27H32N5O11P/c1-3-40-26(37)20(12-14-39-2)29-44(38,43-21-10-6-8-17-7-4-5-9-19(17)21)41-16-27(30-31-28)24(36)23(35)25(42-27)32-13-11-18(33)15-22(32)34/h4-11,13,20,23-25,35-36H,3,12,14-16H2,1-2H3,(H,29,38)/t20-,23+,24-,25+,27+,44?/m0/s1. The highest BCUT2D eigenvalue weighted by Crippen LogP contribution is 2.49. The van der Waals surface area contributed by atoms with E-state index in [2.05, 4.69) is 15.1 Å². The monoisotopic (exact) mass is 633 g/mol. The maximum absolute atomic E-state index is 14.4. The van der Waals surface area contributed by atoms with E-state index in [0.717, 1.165) is 22.6 Å². The number of hydrogen-bond donors (Lipinski definition) is 3. The lowest BCUT2D eigenvalue weighted by Crippen LogP contribution is -2.46. The number of aliphatic hydroxyl groups is 2. The normalized spacial score (nSPS) is 25.4. The molecule has 2 aliphatic heterocycles. The molecule has 236 valence electrons. The first-order chi connectivity index (χ1) is 21.1. The molecular weight excluding hydrogens is 601 g/mol. The maximum atomic E-state index is 14.4. The Morgan fingerprint density at radius 1 is 1.27 bits per heavy atom. The van der Waals surface area contributed by atoms with Crippen LogP contribution < -0.4 is 9.61 Å². The van der Waals surface area contributed by atoms with E-state index >= 15 is 0 Å². The van der Waals surface area contributed by atoms with Crippen LogP contribution >= 0.6 is 7.75 Å². The van der Waals surface area contributed by atoms with Crippen molar-refractivity contribution in [2.24, 2.45) is 5.11 Å². The summed E-state index contributed by atoms with van der Waals surface area (Å²) in [6.45, 7) is 0.693. The van der Waals surface area contributed by atoms with Gasteiger partial charge in [0, 0.05) is 30.2 Å². The third kappa shape index (κ3) is 7.26. The Hall–Kier alpha value is -3.85. The van der Waals surface area contributed by atoms with Gasteiger partial charge < -0.3 is 28.9 Å². The molecule has 2 aromatic carbocycles. The summed E-state index contributed by atoms with van der Waals surface area (Å²) in [5.41, 5.74) is 6.91. The molecule has 1 unspecified atom stereocenters. The zero-order chi connectivity index (χ0) is 31.9. The topological polar surface area (TPSA) is 219 Å². The SMILES string of the molecule is CCOC(=O)[C@H](CCOC)NP(=O)(OC[C@@]1(N=[N+]=[N-])O[C@@H](N2C=CC(=O)CC2=O)[C@H](O)[C@@H]1O)Oc1cccc2ccccc12. The zero-order valence-corrected chi connectivity index (χ0v) is 24.7. The van der Waals surface area contributed by atoms with Crippen LogP contribution in [-0.2, 0) is 37.7 Å². The van der Waals surface area contributed by atoms with Gasteiger partial charge in [0.2, 0.25) is 11.6 Å². The van der Waals surface area contributed by atoms with E-state index in [-0.39, 0.29) is 25.4 Å². The molecule has 2 aliphatic rings. The lowest BCUT2D eigenvalue weighted by molar-refractivity contribution is -0.159. The van der Waals surface area contributed by atoms with Crippen LogP contribution in [0.4, 0.5) is 0 Å². The smallest absolute Gasteiger partial charge is 0.459 e. The number of allylic oxidation sites excluding steroid dienone is 1. The van der Waals surface area contributed by atoms with E-state index in [1.165, 1.54) is 13.2 Å². The summed E-state index contributed by atoms with van der Waals surface area (Å²) in [5.74, 6) is -1.90. The summed E-state index contributed by atoms with van der Waals surface area (Å²) in [6.07, 6.45) is -3.81. The Bertz CT molecular complexity index is 1510. The average molecular weight is 634 g/mol. The molecule has 1 saturated heterocycles. The van der Waals surface area contributed by atoms with E-state index in [0.29, 0.717) is 5.39 Å². The Balaban J connectivity index is 1.68. The molecule has 17 heteroatoms. The molecule has 4 rings (SSSR count). The highest BCUT2D eigenvalue weighted by Gasteiger charge is 2.58. The molecule has 1 fully saturated rings. The zero-order valence-electron chi connectivity index (χ0n) is 23.8. The van der Waals surface area contributed by atoms with Crippen LogP contribution in [0.1, 0.15) is 19.8 Å². The Kier molecular flexibility index (Phi) is 10.7. The third-order valence-electron chi connectivity index (χ3n) is 6.83. The van der Waals surface area contributed by atoms with E-state index in [4.69, 9.17) is 23.3 Å². The van der Waals surface area contributed by atoms with Gasteiger partial charge in [0.25, 0.3) is 0 Å². The lowest BCUT2D eigenvalue weighted by atomic mass is 10.1. The summed E-state index contributed by atoms with van der Waals surface area (Å²) in [5, 5.41) is 29.1. The molecule has 2 aromatic rings. The van der Waals surface area contributed by atoms with Crippen molar-refractivity contribution in [2.45, 2.75) is 50.0 Å². The second kappa shape index (κ2) is 14.3. The summed E-state index contributed by atoms with van der Waals surface area (Å²) >= 11 is 0. The number of aliphatic hydroxyl groups excluding tert-OH is 2. The van der Waals surface area contributed by atoms with Gasteiger partial charge in [-0.25, -0.2) is 4.57 Å². The lowest BCUT2D eigenvalue weighted by Gasteiger charge is -2.31. The number of carbonyl (C=O) groups excluding carboxylic acids is 3. The van der Waals surface area contributed by atoms with Crippen molar-refractivity contribution in [1.29, 1.82) is 0 Å². The van der Waals surface area contributed by atoms with Gasteiger partial charge in [-0.05, 0) is 36.4 Å². The summed E-state index contributed by atoms with van der Waals surface area (Å²) in [6, 6.07) is 10.8. The molecule has 2 heterocycles. The second-order valence-electron chi connectivity index (χ2n) is 9.79. The van der Waals surface area contributed by atoms with Gasteiger partial charge in [-0.1, -0.05) is 41.5 Å². The molecule has 0 aliphatic carbocycles. The number of rotatable bonds is 14. The minimum Gasteiger partial charge on any atom is -0.465 e. The number of ether oxygens (including phenoxy) is 3. The highest BCUT2D eigenvalue weighted by molar-refractivity contribution is 7.52. The van der Waals surface area contributed by atoms with Crippen LogP contribution in [0.15, 0.2) is 59.9 Å².